The summed E-state index contributed by atoms with van der Waals surface area (Å²) in [7, 11) is 0. The Kier molecular flexibility index (Phi) is 3.40. The van der Waals surface area contributed by atoms with Crippen LogP contribution in [0.1, 0.15) is 49.7 Å². The van der Waals surface area contributed by atoms with E-state index in [1.54, 1.807) is 0 Å². The molecule has 5 nitrogen and oxygen atoms in total. The van der Waals surface area contributed by atoms with E-state index >= 15 is 0 Å². The predicted molar refractivity (Wildman–Crippen MR) is 84.2 cm³/mol. The van der Waals surface area contributed by atoms with E-state index in [4.69, 9.17) is 10.7 Å². The molecule has 2 aromatic rings. The summed E-state index contributed by atoms with van der Waals surface area (Å²) in [5.41, 5.74) is 9.36. The Morgan fingerprint density at radius 2 is 2.00 bits per heavy atom. The molecule has 0 aliphatic heterocycles. The number of fused-ring (bicyclic) bond motifs is 1. The van der Waals surface area contributed by atoms with Gasteiger partial charge in [-0.05, 0) is 45.1 Å². The number of aryl methyl sites for hydroxylation is 3. The number of nitrogens with zero attached hydrogens (tertiary/aromatic N) is 3. The fraction of sp³-hybridized carbons (Fsp3) is 0.625. The number of hydrogen-bond donors (Lipinski definition) is 2. The van der Waals surface area contributed by atoms with E-state index in [-0.39, 0.29) is 0 Å². The van der Waals surface area contributed by atoms with Crippen LogP contribution in [0, 0.1) is 13.8 Å². The second kappa shape index (κ2) is 4.98. The van der Waals surface area contributed by atoms with E-state index in [2.05, 4.69) is 23.4 Å². The number of imidazole rings is 1. The molecule has 3 N–H and O–H groups in total. The minimum absolute atomic E-state index is 0.491. The van der Waals surface area contributed by atoms with Crippen LogP contribution in [0.4, 0.5) is 5.82 Å². The van der Waals surface area contributed by atoms with E-state index in [0.717, 1.165) is 60.2 Å². The molecule has 3 rings (SSSR count). The molecule has 2 heterocycles. The molecular formula is C16H24N4O. The molecule has 0 amide bonds. The van der Waals surface area contributed by atoms with Gasteiger partial charge < -0.3 is 15.4 Å². The highest BCUT2D eigenvalue weighted by Gasteiger charge is 2.36. The van der Waals surface area contributed by atoms with Gasteiger partial charge in [0, 0.05) is 12.1 Å². The van der Waals surface area contributed by atoms with E-state index in [1.807, 2.05) is 6.92 Å². The fourth-order valence-corrected chi connectivity index (χ4v) is 3.17. The largest absolute Gasteiger partial charge is 0.388 e. The zero-order chi connectivity index (χ0) is 15.2. The summed E-state index contributed by atoms with van der Waals surface area (Å²) in [5, 5.41) is 10.6. The minimum atomic E-state index is -0.575. The topological polar surface area (TPSA) is 77.0 Å². The molecular weight excluding hydrogens is 264 g/mol. The van der Waals surface area contributed by atoms with E-state index < -0.39 is 5.60 Å². The van der Waals surface area contributed by atoms with Crippen LogP contribution < -0.4 is 5.73 Å². The second-order valence-electron chi connectivity index (χ2n) is 6.35. The van der Waals surface area contributed by atoms with Crippen LogP contribution in [-0.4, -0.2) is 25.2 Å². The van der Waals surface area contributed by atoms with Gasteiger partial charge in [-0.2, -0.15) is 0 Å². The van der Waals surface area contributed by atoms with Gasteiger partial charge in [0.2, 0.25) is 0 Å². The van der Waals surface area contributed by atoms with Crippen molar-refractivity contribution < 1.29 is 5.11 Å². The van der Waals surface area contributed by atoms with Gasteiger partial charge in [-0.25, -0.2) is 9.97 Å². The van der Waals surface area contributed by atoms with Crippen molar-refractivity contribution in [3.63, 3.8) is 0 Å². The van der Waals surface area contributed by atoms with Crippen molar-refractivity contribution in [2.75, 3.05) is 5.73 Å². The molecule has 0 radical (unpaired) electrons. The number of aliphatic hydroxyl groups is 1. The van der Waals surface area contributed by atoms with Crippen molar-refractivity contribution in [2.24, 2.45) is 0 Å². The van der Waals surface area contributed by atoms with Crippen molar-refractivity contribution >= 4 is 16.9 Å². The molecule has 0 aromatic carbocycles. The smallest absolute Gasteiger partial charge is 0.151 e. The van der Waals surface area contributed by atoms with Crippen LogP contribution >= 0.6 is 0 Å². The van der Waals surface area contributed by atoms with Gasteiger partial charge in [-0.3, -0.25) is 0 Å². The number of anilines is 1. The van der Waals surface area contributed by atoms with Crippen LogP contribution in [0.2, 0.25) is 0 Å². The maximum Gasteiger partial charge on any atom is 0.151 e. The molecule has 0 spiro atoms. The summed E-state index contributed by atoms with van der Waals surface area (Å²) < 4.78 is 2.18. The van der Waals surface area contributed by atoms with E-state index in [9.17, 15) is 5.11 Å². The van der Waals surface area contributed by atoms with Crippen molar-refractivity contribution in [1.82, 2.24) is 14.5 Å². The molecule has 0 bridgehead atoms. The summed E-state index contributed by atoms with van der Waals surface area (Å²) in [4.78, 5) is 9.10. The van der Waals surface area contributed by atoms with Crippen molar-refractivity contribution in [3.8, 4) is 0 Å². The summed E-state index contributed by atoms with van der Waals surface area (Å²) in [6, 6.07) is 0. The normalized spacial score (nSPS) is 17.1. The standard InChI is InChI=1S/C16H24N4O/c1-4-6-12-19-13-14(10(2)11(3)18-15(13)17)20(12)9-16(21)7-5-8-16/h21H,4-9H2,1-3H3,(H2,17,18). The van der Waals surface area contributed by atoms with E-state index in [0.29, 0.717) is 12.4 Å². The maximum atomic E-state index is 10.6. The lowest BCUT2D eigenvalue weighted by Crippen LogP contribution is -2.41. The molecule has 1 aliphatic rings. The van der Waals surface area contributed by atoms with Crippen LogP contribution in [-0.2, 0) is 13.0 Å². The Hall–Kier alpha value is -1.62. The van der Waals surface area contributed by atoms with Gasteiger partial charge in [0.05, 0.1) is 17.7 Å². The Labute approximate surface area is 125 Å². The molecule has 5 heteroatoms. The number of rotatable bonds is 4. The van der Waals surface area contributed by atoms with Crippen LogP contribution in [0.25, 0.3) is 11.0 Å². The first-order valence-corrected chi connectivity index (χ1v) is 7.79. The molecule has 1 fully saturated rings. The quantitative estimate of drug-likeness (QED) is 0.906. The zero-order valence-corrected chi connectivity index (χ0v) is 13.1. The zero-order valence-electron chi connectivity index (χ0n) is 13.1. The molecule has 0 atom stereocenters. The number of nitrogens with two attached hydrogens (primary N) is 1. The number of hydrogen-bond acceptors (Lipinski definition) is 4. The summed E-state index contributed by atoms with van der Waals surface area (Å²) in [5.74, 6) is 1.50. The van der Waals surface area contributed by atoms with Crippen molar-refractivity contribution in [1.29, 1.82) is 0 Å². The van der Waals surface area contributed by atoms with Gasteiger partial charge in [0.15, 0.2) is 5.82 Å². The first-order valence-electron chi connectivity index (χ1n) is 7.79. The Bertz CT molecular complexity index is 685. The molecule has 114 valence electrons. The van der Waals surface area contributed by atoms with Gasteiger partial charge in [0.1, 0.15) is 11.3 Å². The summed E-state index contributed by atoms with van der Waals surface area (Å²) in [6.07, 6.45) is 4.76. The lowest BCUT2D eigenvalue weighted by molar-refractivity contribution is -0.0470. The summed E-state index contributed by atoms with van der Waals surface area (Å²) >= 11 is 0. The van der Waals surface area contributed by atoms with Crippen molar-refractivity contribution in [2.45, 2.75) is 65.0 Å². The third kappa shape index (κ3) is 2.29. The average molecular weight is 288 g/mol. The van der Waals surface area contributed by atoms with Crippen LogP contribution in [0.5, 0.6) is 0 Å². The first kappa shape index (κ1) is 14.3. The monoisotopic (exact) mass is 288 g/mol. The van der Waals surface area contributed by atoms with Crippen LogP contribution in [0.15, 0.2) is 0 Å². The SMILES string of the molecule is CCCc1nc2c(N)nc(C)c(C)c2n1CC1(O)CCC1. The van der Waals surface area contributed by atoms with Crippen LogP contribution in [0.3, 0.4) is 0 Å². The summed E-state index contributed by atoms with van der Waals surface area (Å²) in [6.45, 7) is 6.78. The molecule has 1 aliphatic carbocycles. The molecule has 0 unspecified atom stereocenters. The van der Waals surface area contributed by atoms with Gasteiger partial charge in [-0.15, -0.1) is 0 Å². The fourth-order valence-electron chi connectivity index (χ4n) is 3.17. The molecule has 0 saturated heterocycles. The minimum Gasteiger partial charge on any atom is -0.388 e. The predicted octanol–water partition coefficient (Wildman–Crippen LogP) is 2.50. The highest BCUT2D eigenvalue weighted by Crippen LogP contribution is 2.36. The number of nitrogen functional groups attached to an aromatic ring is 1. The Morgan fingerprint density at radius 1 is 1.29 bits per heavy atom. The number of aromatic nitrogens is 3. The highest BCUT2D eigenvalue weighted by molar-refractivity contribution is 5.88. The van der Waals surface area contributed by atoms with Gasteiger partial charge in [-0.1, -0.05) is 6.92 Å². The average Bonchev–Trinajstić information content (AvgIpc) is 2.74. The number of pyridine rings is 1. The second-order valence-corrected chi connectivity index (χ2v) is 6.35. The van der Waals surface area contributed by atoms with Gasteiger partial charge >= 0.3 is 0 Å². The highest BCUT2D eigenvalue weighted by atomic mass is 16.3. The third-order valence-electron chi connectivity index (χ3n) is 4.69. The maximum absolute atomic E-state index is 10.6. The molecule has 1 saturated carbocycles. The lowest BCUT2D eigenvalue weighted by atomic mass is 9.80. The Balaban J connectivity index is 2.20. The first-order chi connectivity index (χ1) is 9.95. The Morgan fingerprint density at radius 3 is 2.57 bits per heavy atom. The van der Waals surface area contributed by atoms with Crippen molar-refractivity contribution in [3.05, 3.63) is 17.1 Å². The lowest BCUT2D eigenvalue weighted by Gasteiger charge is -2.37. The third-order valence-corrected chi connectivity index (χ3v) is 4.69. The van der Waals surface area contributed by atoms with Gasteiger partial charge in [0.25, 0.3) is 0 Å². The molecule has 2 aromatic heterocycles. The molecule has 21 heavy (non-hydrogen) atoms. The van der Waals surface area contributed by atoms with E-state index in [1.165, 1.54) is 0 Å².